The fraction of sp³-hybridized carbons (Fsp3) is 0.320. The molecule has 1 aromatic carbocycles. The number of halogens is 1. The Morgan fingerprint density at radius 3 is 2.79 bits per heavy atom. The van der Waals surface area contributed by atoms with E-state index in [0.29, 0.717) is 39.7 Å². The van der Waals surface area contributed by atoms with Crippen LogP contribution >= 0.6 is 0 Å². The number of carbonyl (C=O) groups excluding carboxylic acids is 1. The number of anilines is 2. The SMILES string of the molecule is CCn1cc2ncc(N[C@@H](C)c3cc(NC(=O)c4cnc(C5CC5)c(C)c4)ccc3F)nc2n1. The molecule has 34 heavy (non-hydrogen) atoms. The molecule has 174 valence electrons. The molecule has 5 rings (SSSR count). The summed E-state index contributed by atoms with van der Waals surface area (Å²) in [5.74, 6) is 0.360. The second-order valence-electron chi connectivity index (χ2n) is 8.71. The number of hydrogen-bond acceptors (Lipinski definition) is 6. The molecule has 0 saturated heterocycles. The zero-order chi connectivity index (χ0) is 23.8. The van der Waals surface area contributed by atoms with Gasteiger partial charge in [-0.3, -0.25) is 14.5 Å². The lowest BCUT2D eigenvalue weighted by molar-refractivity contribution is 0.102. The zero-order valence-corrected chi connectivity index (χ0v) is 19.3. The van der Waals surface area contributed by atoms with Crippen molar-refractivity contribution in [1.29, 1.82) is 0 Å². The third-order valence-electron chi connectivity index (χ3n) is 6.03. The standard InChI is InChI=1S/C25H26FN7O/c1-4-33-13-21-24(32-33)31-22(12-27-21)29-15(3)19-10-18(7-8-20(19)26)30-25(34)17-9-14(2)23(28-11-17)16-5-6-16/h7-13,15-16H,4-6H2,1-3H3,(H,30,34)(H,29,31,32)/t15-/m0/s1. The van der Waals surface area contributed by atoms with Crippen molar-refractivity contribution < 1.29 is 9.18 Å². The molecule has 1 atom stereocenters. The van der Waals surface area contributed by atoms with Crippen LogP contribution in [-0.2, 0) is 6.54 Å². The van der Waals surface area contributed by atoms with Gasteiger partial charge in [0, 0.05) is 35.6 Å². The summed E-state index contributed by atoms with van der Waals surface area (Å²) in [7, 11) is 0. The van der Waals surface area contributed by atoms with Gasteiger partial charge in [-0.05, 0) is 63.4 Å². The number of amides is 1. The van der Waals surface area contributed by atoms with Crippen LogP contribution in [0.5, 0.6) is 0 Å². The fourth-order valence-electron chi connectivity index (χ4n) is 4.03. The average molecular weight is 460 g/mol. The van der Waals surface area contributed by atoms with Gasteiger partial charge < -0.3 is 10.6 Å². The van der Waals surface area contributed by atoms with E-state index < -0.39 is 6.04 Å². The summed E-state index contributed by atoms with van der Waals surface area (Å²) < 4.78 is 16.4. The summed E-state index contributed by atoms with van der Waals surface area (Å²) in [4.78, 5) is 26.1. The van der Waals surface area contributed by atoms with Crippen molar-refractivity contribution in [2.45, 2.75) is 52.1 Å². The van der Waals surface area contributed by atoms with E-state index in [0.717, 1.165) is 30.6 Å². The predicted molar refractivity (Wildman–Crippen MR) is 128 cm³/mol. The van der Waals surface area contributed by atoms with Crippen molar-refractivity contribution in [3.63, 3.8) is 0 Å². The van der Waals surface area contributed by atoms with Gasteiger partial charge in [-0.1, -0.05) is 0 Å². The van der Waals surface area contributed by atoms with Gasteiger partial charge in [-0.25, -0.2) is 14.4 Å². The lowest BCUT2D eigenvalue weighted by Crippen LogP contribution is -2.15. The zero-order valence-electron chi connectivity index (χ0n) is 19.3. The maximum Gasteiger partial charge on any atom is 0.257 e. The predicted octanol–water partition coefficient (Wildman–Crippen LogP) is 4.99. The summed E-state index contributed by atoms with van der Waals surface area (Å²) in [5, 5.41) is 10.4. The molecule has 0 spiro atoms. The molecule has 0 unspecified atom stereocenters. The first-order chi connectivity index (χ1) is 16.4. The number of aromatic nitrogens is 5. The minimum atomic E-state index is -0.418. The molecule has 2 N–H and O–H groups in total. The molecule has 1 aliphatic rings. The van der Waals surface area contributed by atoms with E-state index in [1.54, 1.807) is 29.2 Å². The molecular formula is C25H26FN7O. The molecule has 9 heteroatoms. The number of pyridine rings is 1. The average Bonchev–Trinajstić information content (AvgIpc) is 3.58. The number of aryl methyl sites for hydroxylation is 2. The van der Waals surface area contributed by atoms with Crippen LogP contribution in [0.4, 0.5) is 15.9 Å². The Balaban J connectivity index is 1.31. The highest BCUT2D eigenvalue weighted by molar-refractivity contribution is 6.04. The molecule has 1 amide bonds. The van der Waals surface area contributed by atoms with Crippen molar-refractivity contribution in [3.05, 3.63) is 71.1 Å². The Kier molecular flexibility index (Phi) is 5.69. The van der Waals surface area contributed by atoms with Crippen LogP contribution in [0, 0.1) is 12.7 Å². The first-order valence-electron chi connectivity index (χ1n) is 11.5. The Labute approximate surface area is 196 Å². The van der Waals surface area contributed by atoms with E-state index in [2.05, 4.69) is 30.7 Å². The van der Waals surface area contributed by atoms with Gasteiger partial charge in [0.05, 0.1) is 24.0 Å². The van der Waals surface area contributed by atoms with E-state index in [9.17, 15) is 9.18 Å². The van der Waals surface area contributed by atoms with Gasteiger partial charge in [0.1, 0.15) is 17.2 Å². The fourth-order valence-corrected chi connectivity index (χ4v) is 4.03. The van der Waals surface area contributed by atoms with Gasteiger partial charge in [-0.2, -0.15) is 5.10 Å². The third kappa shape index (κ3) is 4.46. The van der Waals surface area contributed by atoms with Crippen LogP contribution in [0.1, 0.15) is 65.8 Å². The number of benzene rings is 1. The maximum absolute atomic E-state index is 14.6. The highest BCUT2D eigenvalue weighted by Crippen LogP contribution is 2.40. The Hall–Kier alpha value is -3.88. The first-order valence-corrected chi connectivity index (χ1v) is 11.5. The number of fused-ring (bicyclic) bond motifs is 1. The van der Waals surface area contributed by atoms with Crippen molar-refractivity contribution >= 4 is 28.6 Å². The number of hydrogen-bond donors (Lipinski definition) is 2. The van der Waals surface area contributed by atoms with E-state index in [1.165, 1.54) is 6.07 Å². The number of carbonyl (C=O) groups is 1. The highest BCUT2D eigenvalue weighted by atomic mass is 19.1. The molecule has 0 radical (unpaired) electrons. The molecule has 3 heterocycles. The van der Waals surface area contributed by atoms with Crippen LogP contribution < -0.4 is 10.6 Å². The molecule has 0 bridgehead atoms. The summed E-state index contributed by atoms with van der Waals surface area (Å²) in [6.45, 7) is 6.52. The van der Waals surface area contributed by atoms with E-state index in [1.807, 2.05) is 33.0 Å². The number of rotatable bonds is 7. The minimum absolute atomic E-state index is 0.279. The molecule has 4 aromatic rings. The summed E-state index contributed by atoms with van der Waals surface area (Å²) >= 11 is 0. The maximum atomic E-state index is 14.6. The van der Waals surface area contributed by atoms with Crippen LogP contribution in [0.3, 0.4) is 0 Å². The third-order valence-corrected chi connectivity index (χ3v) is 6.03. The smallest absolute Gasteiger partial charge is 0.257 e. The van der Waals surface area contributed by atoms with Crippen molar-refractivity contribution in [2.75, 3.05) is 10.6 Å². The molecule has 0 aliphatic heterocycles. The highest BCUT2D eigenvalue weighted by Gasteiger charge is 2.27. The molecule has 1 fully saturated rings. The van der Waals surface area contributed by atoms with Crippen LogP contribution in [0.15, 0.2) is 42.9 Å². The minimum Gasteiger partial charge on any atom is -0.362 e. The lowest BCUT2D eigenvalue weighted by atomic mass is 10.1. The van der Waals surface area contributed by atoms with Crippen molar-refractivity contribution in [3.8, 4) is 0 Å². The summed E-state index contributed by atoms with van der Waals surface area (Å²) in [6.07, 6.45) is 7.36. The number of nitrogens with zero attached hydrogens (tertiary/aromatic N) is 5. The van der Waals surface area contributed by atoms with Gasteiger partial charge in [0.25, 0.3) is 5.91 Å². The van der Waals surface area contributed by atoms with Crippen LogP contribution in [-0.4, -0.2) is 30.6 Å². The summed E-state index contributed by atoms with van der Waals surface area (Å²) in [5.41, 5.74) is 4.70. The second-order valence-corrected chi connectivity index (χ2v) is 8.71. The van der Waals surface area contributed by atoms with Gasteiger partial charge in [0.2, 0.25) is 5.65 Å². The molecule has 1 saturated carbocycles. The van der Waals surface area contributed by atoms with Gasteiger partial charge in [0.15, 0.2) is 0 Å². The van der Waals surface area contributed by atoms with Crippen LogP contribution in [0.25, 0.3) is 11.2 Å². The topological polar surface area (TPSA) is 97.6 Å². The van der Waals surface area contributed by atoms with E-state index in [4.69, 9.17) is 0 Å². The van der Waals surface area contributed by atoms with E-state index >= 15 is 0 Å². The summed E-state index contributed by atoms with van der Waals surface area (Å²) in [6, 6.07) is 5.96. The molecule has 1 aliphatic carbocycles. The molecule has 3 aromatic heterocycles. The van der Waals surface area contributed by atoms with Crippen molar-refractivity contribution in [1.82, 2.24) is 24.7 Å². The quantitative estimate of drug-likeness (QED) is 0.404. The van der Waals surface area contributed by atoms with Gasteiger partial charge >= 0.3 is 0 Å². The van der Waals surface area contributed by atoms with E-state index in [-0.39, 0.29) is 11.7 Å². The second kappa shape index (κ2) is 8.81. The normalized spacial score (nSPS) is 14.2. The number of nitrogens with one attached hydrogen (secondary N) is 2. The Morgan fingerprint density at radius 1 is 1.24 bits per heavy atom. The lowest BCUT2D eigenvalue weighted by Gasteiger charge is -2.17. The molecular weight excluding hydrogens is 433 g/mol. The van der Waals surface area contributed by atoms with Crippen molar-refractivity contribution in [2.24, 2.45) is 0 Å². The molecule has 8 nitrogen and oxygen atoms in total. The Bertz CT molecular complexity index is 1380. The van der Waals surface area contributed by atoms with Gasteiger partial charge in [-0.15, -0.1) is 0 Å². The monoisotopic (exact) mass is 459 g/mol. The first kappa shape index (κ1) is 21.9. The largest absolute Gasteiger partial charge is 0.362 e. The van der Waals surface area contributed by atoms with Crippen LogP contribution in [0.2, 0.25) is 0 Å². The Morgan fingerprint density at radius 2 is 2.06 bits per heavy atom.